The molecule has 0 saturated heterocycles. The Labute approximate surface area is 68.8 Å². The third kappa shape index (κ3) is 2.15. The molecule has 0 radical (unpaired) electrons. The molecule has 0 saturated carbocycles. The molecule has 0 aliphatic rings. The first-order valence-electron chi connectivity index (χ1n) is 3.24. The smallest absolute Gasteiger partial charge is 0.129 e. The standard InChI is InChI=1S/C8H7ClF2/c9-4-3-6-1-2-7(10)5-8(6)11/h1-2,5H,3-4H2. The van der Waals surface area contributed by atoms with E-state index in [9.17, 15) is 8.78 Å². The lowest BCUT2D eigenvalue weighted by Crippen LogP contribution is -1.91. The van der Waals surface area contributed by atoms with Crippen LogP contribution in [0.15, 0.2) is 18.2 Å². The van der Waals surface area contributed by atoms with E-state index in [-0.39, 0.29) is 0 Å². The fourth-order valence-electron chi connectivity index (χ4n) is 0.826. The van der Waals surface area contributed by atoms with Gasteiger partial charge >= 0.3 is 0 Å². The van der Waals surface area contributed by atoms with E-state index < -0.39 is 11.6 Å². The van der Waals surface area contributed by atoms with Gasteiger partial charge in [-0.25, -0.2) is 8.78 Å². The van der Waals surface area contributed by atoms with Crippen molar-refractivity contribution in [1.82, 2.24) is 0 Å². The molecule has 0 spiro atoms. The Hall–Kier alpha value is -0.630. The zero-order valence-corrected chi connectivity index (χ0v) is 6.54. The normalized spacial score (nSPS) is 10.1. The first-order chi connectivity index (χ1) is 5.24. The summed E-state index contributed by atoms with van der Waals surface area (Å²) in [6, 6.07) is 3.50. The first-order valence-corrected chi connectivity index (χ1v) is 3.77. The van der Waals surface area contributed by atoms with Gasteiger partial charge < -0.3 is 0 Å². The number of alkyl halides is 1. The largest absolute Gasteiger partial charge is 0.207 e. The minimum absolute atomic E-state index is 0.350. The van der Waals surface area contributed by atoms with E-state index in [0.29, 0.717) is 17.9 Å². The van der Waals surface area contributed by atoms with Crippen molar-refractivity contribution in [3.63, 3.8) is 0 Å². The number of rotatable bonds is 2. The van der Waals surface area contributed by atoms with E-state index in [1.165, 1.54) is 12.1 Å². The second-order valence-electron chi connectivity index (χ2n) is 2.17. The lowest BCUT2D eigenvalue weighted by Gasteiger charge is -1.98. The van der Waals surface area contributed by atoms with Crippen LogP contribution in [0.1, 0.15) is 5.56 Å². The molecule has 0 aliphatic carbocycles. The molecule has 60 valence electrons. The number of hydrogen-bond donors (Lipinski definition) is 0. The van der Waals surface area contributed by atoms with Gasteiger partial charge in [-0.05, 0) is 18.1 Å². The maximum absolute atomic E-state index is 12.7. The third-order valence-corrected chi connectivity index (χ3v) is 1.57. The molecule has 3 heteroatoms. The lowest BCUT2D eigenvalue weighted by atomic mass is 10.1. The van der Waals surface area contributed by atoms with Crippen molar-refractivity contribution < 1.29 is 8.78 Å². The van der Waals surface area contributed by atoms with Crippen molar-refractivity contribution in [3.05, 3.63) is 35.4 Å². The molecule has 0 heterocycles. The Bertz CT molecular complexity index is 248. The molecular formula is C8H7ClF2. The fourth-order valence-corrected chi connectivity index (χ4v) is 1.03. The monoisotopic (exact) mass is 176 g/mol. The van der Waals surface area contributed by atoms with Crippen molar-refractivity contribution in [2.24, 2.45) is 0 Å². The molecule has 0 N–H and O–H groups in total. The van der Waals surface area contributed by atoms with Gasteiger partial charge in [0.05, 0.1) is 0 Å². The van der Waals surface area contributed by atoms with E-state index >= 15 is 0 Å². The molecule has 0 fully saturated rings. The molecule has 0 unspecified atom stereocenters. The van der Waals surface area contributed by atoms with Gasteiger partial charge in [0.2, 0.25) is 0 Å². The van der Waals surface area contributed by atoms with E-state index in [2.05, 4.69) is 0 Å². The van der Waals surface area contributed by atoms with E-state index in [4.69, 9.17) is 11.6 Å². The molecule has 0 atom stereocenters. The zero-order valence-electron chi connectivity index (χ0n) is 5.78. The number of halogens is 3. The highest BCUT2D eigenvalue weighted by Crippen LogP contribution is 2.10. The highest BCUT2D eigenvalue weighted by Gasteiger charge is 2.01. The van der Waals surface area contributed by atoms with Gasteiger partial charge in [0, 0.05) is 11.9 Å². The number of benzene rings is 1. The first kappa shape index (κ1) is 8.47. The Morgan fingerprint density at radius 1 is 1.27 bits per heavy atom. The molecule has 1 aromatic carbocycles. The molecular weight excluding hydrogens is 170 g/mol. The van der Waals surface area contributed by atoms with Gasteiger partial charge in [0.15, 0.2) is 0 Å². The zero-order chi connectivity index (χ0) is 8.27. The average molecular weight is 177 g/mol. The van der Waals surface area contributed by atoms with Crippen LogP contribution in [0.4, 0.5) is 8.78 Å². The Balaban J connectivity index is 2.90. The maximum Gasteiger partial charge on any atom is 0.129 e. The van der Waals surface area contributed by atoms with Gasteiger partial charge in [-0.3, -0.25) is 0 Å². The highest BCUT2D eigenvalue weighted by molar-refractivity contribution is 6.17. The Kier molecular flexibility index (Phi) is 2.83. The van der Waals surface area contributed by atoms with Crippen LogP contribution >= 0.6 is 11.6 Å². The van der Waals surface area contributed by atoms with Crippen molar-refractivity contribution in [2.45, 2.75) is 6.42 Å². The summed E-state index contributed by atoms with van der Waals surface area (Å²) >= 11 is 5.39. The van der Waals surface area contributed by atoms with Crippen LogP contribution in [0, 0.1) is 11.6 Å². The van der Waals surface area contributed by atoms with Gasteiger partial charge in [-0.15, -0.1) is 11.6 Å². The van der Waals surface area contributed by atoms with Crippen LogP contribution in [-0.2, 0) is 6.42 Å². The summed E-state index contributed by atoms with van der Waals surface area (Å²) in [4.78, 5) is 0. The van der Waals surface area contributed by atoms with Crippen LogP contribution in [0.3, 0.4) is 0 Å². The fraction of sp³-hybridized carbons (Fsp3) is 0.250. The number of hydrogen-bond acceptors (Lipinski definition) is 0. The van der Waals surface area contributed by atoms with Crippen LogP contribution in [0.2, 0.25) is 0 Å². The molecule has 0 aromatic heterocycles. The topological polar surface area (TPSA) is 0 Å². The molecule has 0 bridgehead atoms. The molecule has 1 rings (SSSR count). The predicted molar refractivity (Wildman–Crippen MR) is 40.8 cm³/mol. The molecule has 0 aliphatic heterocycles. The SMILES string of the molecule is Fc1ccc(CCCl)c(F)c1. The van der Waals surface area contributed by atoms with E-state index in [1.807, 2.05) is 0 Å². The van der Waals surface area contributed by atoms with Gasteiger partial charge in [0.1, 0.15) is 11.6 Å². The van der Waals surface area contributed by atoms with Crippen molar-refractivity contribution in [3.8, 4) is 0 Å². The highest BCUT2D eigenvalue weighted by atomic mass is 35.5. The molecule has 0 nitrogen and oxygen atoms in total. The summed E-state index contributed by atoms with van der Waals surface area (Å²) in [6.45, 7) is 0. The van der Waals surface area contributed by atoms with Crippen LogP contribution in [0.25, 0.3) is 0 Å². The summed E-state index contributed by atoms with van der Waals surface area (Å²) in [7, 11) is 0. The number of aryl methyl sites for hydroxylation is 1. The van der Waals surface area contributed by atoms with Gasteiger partial charge in [0.25, 0.3) is 0 Å². The van der Waals surface area contributed by atoms with E-state index in [1.54, 1.807) is 0 Å². The van der Waals surface area contributed by atoms with Crippen LogP contribution in [-0.4, -0.2) is 5.88 Å². The predicted octanol–water partition coefficient (Wildman–Crippen LogP) is 2.75. The Morgan fingerprint density at radius 3 is 2.55 bits per heavy atom. The summed E-state index contributed by atoms with van der Waals surface area (Å²) < 4.78 is 25.1. The molecule has 1 aromatic rings. The molecule has 0 amide bonds. The summed E-state index contributed by atoms with van der Waals surface area (Å²) in [5.41, 5.74) is 0.460. The van der Waals surface area contributed by atoms with E-state index in [0.717, 1.165) is 6.07 Å². The van der Waals surface area contributed by atoms with Crippen LogP contribution in [0.5, 0.6) is 0 Å². The van der Waals surface area contributed by atoms with Crippen molar-refractivity contribution in [1.29, 1.82) is 0 Å². The molecule has 11 heavy (non-hydrogen) atoms. The average Bonchev–Trinajstić information content (AvgIpc) is 1.95. The summed E-state index contributed by atoms with van der Waals surface area (Å²) in [5, 5.41) is 0. The third-order valence-electron chi connectivity index (χ3n) is 1.38. The van der Waals surface area contributed by atoms with Crippen molar-refractivity contribution in [2.75, 3.05) is 5.88 Å². The van der Waals surface area contributed by atoms with Crippen molar-refractivity contribution >= 4 is 11.6 Å². The summed E-state index contributed by atoms with van der Waals surface area (Å²) in [6.07, 6.45) is 0.438. The van der Waals surface area contributed by atoms with Crippen LogP contribution < -0.4 is 0 Å². The van der Waals surface area contributed by atoms with Gasteiger partial charge in [-0.1, -0.05) is 6.07 Å². The minimum atomic E-state index is -0.555. The second-order valence-corrected chi connectivity index (χ2v) is 2.55. The Morgan fingerprint density at radius 2 is 2.00 bits per heavy atom. The second kappa shape index (κ2) is 3.67. The quantitative estimate of drug-likeness (QED) is 0.608. The minimum Gasteiger partial charge on any atom is -0.207 e. The maximum atomic E-state index is 12.7. The van der Waals surface area contributed by atoms with Gasteiger partial charge in [-0.2, -0.15) is 0 Å². The lowest BCUT2D eigenvalue weighted by molar-refractivity contribution is 0.574. The summed E-state index contributed by atoms with van der Waals surface area (Å²) in [5.74, 6) is -0.728.